The van der Waals surface area contributed by atoms with Crippen LogP contribution in [0, 0.1) is 0 Å². The zero-order valence-corrected chi connectivity index (χ0v) is 17.9. The molecule has 31 heavy (non-hydrogen) atoms. The van der Waals surface area contributed by atoms with Gasteiger partial charge in [0.05, 0.1) is 6.54 Å². The molecule has 0 aromatic heterocycles. The standard InChI is InChI=1S/C24H30N4O3/c29-24(25-20-4-6-21(7-5-20)28-9-1-2-10-28)17-27-13-11-26(12-14-27)16-19-3-8-22-23(15-19)31-18-30-22/h3-8,15H,1-2,9-14,16-18H2,(H,25,29). The molecule has 7 nitrogen and oxygen atoms in total. The highest BCUT2D eigenvalue weighted by atomic mass is 16.7. The normalized spacial score (nSPS) is 19.0. The van der Waals surface area contributed by atoms with Crippen LogP contribution < -0.4 is 19.7 Å². The first kappa shape index (κ1) is 20.2. The minimum atomic E-state index is 0.0538. The van der Waals surface area contributed by atoms with Crippen molar-refractivity contribution in [3.63, 3.8) is 0 Å². The Hall–Kier alpha value is -2.77. The van der Waals surface area contributed by atoms with Crippen molar-refractivity contribution >= 4 is 17.3 Å². The number of fused-ring (bicyclic) bond motifs is 1. The number of anilines is 2. The van der Waals surface area contributed by atoms with Crippen molar-refractivity contribution < 1.29 is 14.3 Å². The molecule has 2 fully saturated rings. The summed E-state index contributed by atoms with van der Waals surface area (Å²) in [6.45, 7) is 7.59. The second kappa shape index (κ2) is 9.16. The lowest BCUT2D eigenvalue weighted by atomic mass is 10.1. The maximum atomic E-state index is 12.5. The van der Waals surface area contributed by atoms with Crippen LogP contribution in [0.1, 0.15) is 18.4 Å². The molecule has 0 spiro atoms. The number of amides is 1. The molecule has 2 aromatic carbocycles. The van der Waals surface area contributed by atoms with Gasteiger partial charge in [-0.2, -0.15) is 0 Å². The first-order valence-corrected chi connectivity index (χ1v) is 11.2. The first-order chi connectivity index (χ1) is 15.2. The van der Waals surface area contributed by atoms with Gasteiger partial charge in [0.2, 0.25) is 12.7 Å². The van der Waals surface area contributed by atoms with Gasteiger partial charge in [-0.15, -0.1) is 0 Å². The summed E-state index contributed by atoms with van der Waals surface area (Å²) in [4.78, 5) is 19.5. The number of piperazine rings is 1. The van der Waals surface area contributed by atoms with Crippen LogP contribution in [0.4, 0.5) is 11.4 Å². The van der Waals surface area contributed by atoms with Gasteiger partial charge in [0.1, 0.15) is 0 Å². The van der Waals surface area contributed by atoms with E-state index in [-0.39, 0.29) is 5.91 Å². The van der Waals surface area contributed by atoms with Gasteiger partial charge in [-0.25, -0.2) is 0 Å². The summed E-state index contributed by atoms with van der Waals surface area (Å²) in [5.41, 5.74) is 3.34. The largest absolute Gasteiger partial charge is 0.454 e. The highest BCUT2D eigenvalue weighted by Gasteiger charge is 2.20. The molecule has 7 heteroatoms. The Morgan fingerprint density at radius 1 is 0.839 bits per heavy atom. The van der Waals surface area contributed by atoms with Crippen molar-refractivity contribution in [3.05, 3.63) is 48.0 Å². The topological polar surface area (TPSA) is 57.3 Å². The number of hydrogen-bond acceptors (Lipinski definition) is 6. The average Bonchev–Trinajstić information content (AvgIpc) is 3.47. The highest BCUT2D eigenvalue weighted by Crippen LogP contribution is 2.32. The second-order valence-corrected chi connectivity index (χ2v) is 8.53. The Balaban J connectivity index is 1.06. The monoisotopic (exact) mass is 422 g/mol. The Morgan fingerprint density at radius 3 is 2.32 bits per heavy atom. The molecule has 0 unspecified atom stereocenters. The van der Waals surface area contributed by atoms with E-state index in [2.05, 4.69) is 44.3 Å². The van der Waals surface area contributed by atoms with Gasteiger partial charge in [-0.1, -0.05) is 6.07 Å². The lowest BCUT2D eigenvalue weighted by Gasteiger charge is -2.34. The predicted octanol–water partition coefficient (Wildman–Crippen LogP) is 2.77. The van der Waals surface area contributed by atoms with E-state index >= 15 is 0 Å². The number of benzene rings is 2. The zero-order chi connectivity index (χ0) is 21.0. The molecule has 2 saturated heterocycles. The fourth-order valence-electron chi connectivity index (χ4n) is 4.54. The molecule has 2 aromatic rings. The Kier molecular flexibility index (Phi) is 5.95. The summed E-state index contributed by atoms with van der Waals surface area (Å²) in [5.74, 6) is 1.71. The minimum absolute atomic E-state index is 0.0538. The zero-order valence-electron chi connectivity index (χ0n) is 17.9. The molecular weight excluding hydrogens is 392 g/mol. The minimum Gasteiger partial charge on any atom is -0.454 e. The molecule has 0 saturated carbocycles. The van der Waals surface area contributed by atoms with Gasteiger partial charge in [-0.05, 0) is 54.8 Å². The number of ether oxygens (including phenoxy) is 2. The average molecular weight is 423 g/mol. The molecule has 1 N–H and O–H groups in total. The van der Waals surface area contributed by atoms with E-state index in [4.69, 9.17) is 9.47 Å². The molecule has 0 bridgehead atoms. The van der Waals surface area contributed by atoms with Crippen LogP contribution in [0.5, 0.6) is 11.5 Å². The fourth-order valence-corrected chi connectivity index (χ4v) is 4.54. The van der Waals surface area contributed by atoms with Gasteiger partial charge in [0, 0.05) is 57.2 Å². The van der Waals surface area contributed by atoms with E-state index in [0.29, 0.717) is 13.3 Å². The van der Waals surface area contributed by atoms with Crippen LogP contribution in [0.3, 0.4) is 0 Å². The maximum Gasteiger partial charge on any atom is 0.238 e. The van der Waals surface area contributed by atoms with Gasteiger partial charge >= 0.3 is 0 Å². The summed E-state index contributed by atoms with van der Waals surface area (Å²) in [6, 6.07) is 14.4. The molecule has 164 valence electrons. The summed E-state index contributed by atoms with van der Waals surface area (Å²) in [7, 11) is 0. The molecular formula is C24H30N4O3. The van der Waals surface area contributed by atoms with Gasteiger partial charge in [0.25, 0.3) is 0 Å². The Bertz CT molecular complexity index is 904. The molecule has 0 aliphatic carbocycles. The Labute approximate surface area is 183 Å². The molecule has 3 aliphatic rings. The maximum absolute atomic E-state index is 12.5. The summed E-state index contributed by atoms with van der Waals surface area (Å²) < 4.78 is 10.9. The lowest BCUT2D eigenvalue weighted by molar-refractivity contribution is -0.117. The van der Waals surface area contributed by atoms with E-state index in [0.717, 1.165) is 63.0 Å². The smallest absolute Gasteiger partial charge is 0.238 e. The molecule has 1 amide bonds. The van der Waals surface area contributed by atoms with Crippen molar-refractivity contribution in [2.45, 2.75) is 19.4 Å². The molecule has 0 atom stereocenters. The van der Waals surface area contributed by atoms with Gasteiger partial charge in [-0.3, -0.25) is 14.6 Å². The van der Waals surface area contributed by atoms with Crippen LogP contribution in [0.2, 0.25) is 0 Å². The van der Waals surface area contributed by atoms with E-state index in [9.17, 15) is 4.79 Å². The van der Waals surface area contributed by atoms with Crippen molar-refractivity contribution in [2.24, 2.45) is 0 Å². The van der Waals surface area contributed by atoms with Crippen LogP contribution >= 0.6 is 0 Å². The van der Waals surface area contributed by atoms with Crippen LogP contribution in [0.25, 0.3) is 0 Å². The number of nitrogens with one attached hydrogen (secondary N) is 1. The van der Waals surface area contributed by atoms with E-state index in [1.54, 1.807) is 0 Å². The summed E-state index contributed by atoms with van der Waals surface area (Å²) in [6.07, 6.45) is 2.53. The fraction of sp³-hybridized carbons (Fsp3) is 0.458. The van der Waals surface area contributed by atoms with Crippen molar-refractivity contribution in [2.75, 3.05) is 62.8 Å². The van der Waals surface area contributed by atoms with E-state index in [1.807, 2.05) is 18.2 Å². The van der Waals surface area contributed by atoms with Crippen molar-refractivity contribution in [1.82, 2.24) is 9.80 Å². The highest BCUT2D eigenvalue weighted by molar-refractivity contribution is 5.92. The molecule has 5 rings (SSSR count). The first-order valence-electron chi connectivity index (χ1n) is 11.2. The van der Waals surface area contributed by atoms with Crippen LogP contribution in [-0.4, -0.2) is 68.3 Å². The number of carbonyl (C=O) groups excluding carboxylic acids is 1. The van der Waals surface area contributed by atoms with Gasteiger partial charge < -0.3 is 19.7 Å². The van der Waals surface area contributed by atoms with Crippen LogP contribution in [0.15, 0.2) is 42.5 Å². The van der Waals surface area contributed by atoms with Gasteiger partial charge in [0.15, 0.2) is 11.5 Å². The van der Waals surface area contributed by atoms with Crippen LogP contribution in [-0.2, 0) is 11.3 Å². The van der Waals surface area contributed by atoms with Crippen molar-refractivity contribution in [1.29, 1.82) is 0 Å². The number of carbonyl (C=O) groups is 1. The number of nitrogens with zero attached hydrogens (tertiary/aromatic N) is 3. The quantitative estimate of drug-likeness (QED) is 0.773. The SMILES string of the molecule is O=C(CN1CCN(Cc2ccc3c(c2)OCO3)CC1)Nc1ccc(N2CCCC2)cc1. The third-order valence-electron chi connectivity index (χ3n) is 6.30. The number of hydrogen-bond donors (Lipinski definition) is 1. The Morgan fingerprint density at radius 2 is 1.55 bits per heavy atom. The molecule has 3 heterocycles. The third kappa shape index (κ3) is 4.94. The number of rotatable bonds is 6. The van der Waals surface area contributed by atoms with E-state index < -0.39 is 0 Å². The summed E-state index contributed by atoms with van der Waals surface area (Å²) in [5, 5.41) is 3.04. The lowest BCUT2D eigenvalue weighted by Crippen LogP contribution is -2.48. The predicted molar refractivity (Wildman–Crippen MR) is 121 cm³/mol. The molecule has 3 aliphatic heterocycles. The third-order valence-corrected chi connectivity index (χ3v) is 6.30. The summed E-state index contributed by atoms with van der Waals surface area (Å²) >= 11 is 0. The molecule has 0 radical (unpaired) electrons. The second-order valence-electron chi connectivity index (χ2n) is 8.53. The van der Waals surface area contributed by atoms with E-state index in [1.165, 1.54) is 24.1 Å². The van der Waals surface area contributed by atoms with Crippen molar-refractivity contribution in [3.8, 4) is 11.5 Å².